The van der Waals surface area contributed by atoms with E-state index in [1.54, 1.807) is 4.90 Å². The van der Waals surface area contributed by atoms with Crippen molar-refractivity contribution in [1.29, 1.82) is 0 Å². The summed E-state index contributed by atoms with van der Waals surface area (Å²) in [5.41, 5.74) is 0.318. The van der Waals surface area contributed by atoms with Gasteiger partial charge in [0.1, 0.15) is 17.8 Å². The van der Waals surface area contributed by atoms with E-state index in [9.17, 15) is 14.4 Å². The largest absolute Gasteiger partial charge is 0.493 e. The number of hydrogen-bond acceptors (Lipinski definition) is 4. The fourth-order valence-corrected chi connectivity index (χ4v) is 4.90. The maximum atomic E-state index is 12.9. The molecule has 2 saturated heterocycles. The highest BCUT2D eigenvalue weighted by Crippen LogP contribution is 2.33. The number of para-hydroxylation sites is 1. The molecule has 1 spiro atoms. The molecule has 1 aliphatic carbocycles. The molecule has 3 aliphatic rings. The third kappa shape index (κ3) is 4.16. The standard InChI is InChI=1S/C23H31N3O4/c1-17-8-3-4-10-19(17)30-16-18-9-7-13-25(14-18)20(27)15-26-21(28)23(24-22(26)29)11-5-2-6-12-23/h3-4,8,10,18H,2,5-7,9,11-16H2,1H3,(H,24,29)/t18-/m0/s1. The highest BCUT2D eigenvalue weighted by molar-refractivity contribution is 6.09. The quantitative estimate of drug-likeness (QED) is 0.753. The maximum absolute atomic E-state index is 12.9. The number of ether oxygens (including phenoxy) is 1. The van der Waals surface area contributed by atoms with E-state index in [2.05, 4.69) is 5.32 Å². The van der Waals surface area contributed by atoms with Crippen LogP contribution in [0.25, 0.3) is 0 Å². The zero-order valence-corrected chi connectivity index (χ0v) is 17.7. The Morgan fingerprint density at radius 1 is 1.17 bits per heavy atom. The van der Waals surface area contributed by atoms with Crippen LogP contribution in [0.5, 0.6) is 5.75 Å². The van der Waals surface area contributed by atoms with E-state index in [1.165, 1.54) is 0 Å². The molecule has 1 atom stereocenters. The second-order valence-electron chi connectivity index (χ2n) is 8.89. The molecule has 1 saturated carbocycles. The number of benzene rings is 1. The van der Waals surface area contributed by atoms with E-state index >= 15 is 0 Å². The highest BCUT2D eigenvalue weighted by atomic mass is 16.5. The van der Waals surface area contributed by atoms with Gasteiger partial charge in [0.05, 0.1) is 6.61 Å². The van der Waals surface area contributed by atoms with Crippen molar-refractivity contribution in [2.24, 2.45) is 5.92 Å². The lowest BCUT2D eigenvalue weighted by Gasteiger charge is -2.34. The Morgan fingerprint density at radius 3 is 2.70 bits per heavy atom. The predicted octanol–water partition coefficient (Wildman–Crippen LogP) is 2.87. The molecule has 3 fully saturated rings. The molecule has 0 radical (unpaired) electrons. The van der Waals surface area contributed by atoms with Gasteiger partial charge in [0.25, 0.3) is 5.91 Å². The molecule has 7 nitrogen and oxygen atoms in total. The number of nitrogens with one attached hydrogen (secondary N) is 1. The minimum atomic E-state index is -0.776. The maximum Gasteiger partial charge on any atom is 0.325 e. The number of carbonyl (C=O) groups excluding carboxylic acids is 3. The lowest BCUT2D eigenvalue weighted by atomic mass is 9.82. The average molecular weight is 414 g/mol. The SMILES string of the molecule is Cc1ccccc1OC[C@H]1CCCN(C(=O)CN2C(=O)NC3(CCCCC3)C2=O)C1. The lowest BCUT2D eigenvalue weighted by molar-refractivity contribution is -0.140. The zero-order chi connectivity index (χ0) is 21.1. The van der Waals surface area contributed by atoms with Gasteiger partial charge in [0.2, 0.25) is 5.91 Å². The summed E-state index contributed by atoms with van der Waals surface area (Å²) >= 11 is 0. The van der Waals surface area contributed by atoms with Gasteiger partial charge in [0, 0.05) is 19.0 Å². The second kappa shape index (κ2) is 8.66. The third-order valence-electron chi connectivity index (χ3n) is 6.69. The van der Waals surface area contributed by atoms with Crippen LogP contribution < -0.4 is 10.1 Å². The number of imide groups is 1. The molecule has 0 aromatic heterocycles. The number of piperidine rings is 1. The Morgan fingerprint density at radius 2 is 1.93 bits per heavy atom. The summed E-state index contributed by atoms with van der Waals surface area (Å²) in [6.45, 7) is 3.66. The van der Waals surface area contributed by atoms with Gasteiger partial charge in [-0.3, -0.25) is 14.5 Å². The van der Waals surface area contributed by atoms with Crippen molar-refractivity contribution >= 4 is 17.8 Å². The Balaban J connectivity index is 1.32. The normalized spacial score (nSPS) is 23.6. The van der Waals surface area contributed by atoms with E-state index in [4.69, 9.17) is 4.74 Å². The summed E-state index contributed by atoms with van der Waals surface area (Å²) in [6.07, 6.45) is 6.20. The molecule has 1 aromatic rings. The van der Waals surface area contributed by atoms with Gasteiger partial charge in [-0.15, -0.1) is 0 Å². The second-order valence-corrected chi connectivity index (χ2v) is 8.89. The molecule has 4 rings (SSSR count). The van der Waals surface area contributed by atoms with Gasteiger partial charge in [-0.2, -0.15) is 0 Å². The number of amides is 4. The van der Waals surface area contributed by atoms with Gasteiger partial charge in [-0.1, -0.05) is 37.5 Å². The van der Waals surface area contributed by atoms with Crippen LogP contribution in [0, 0.1) is 12.8 Å². The van der Waals surface area contributed by atoms with E-state index in [1.807, 2.05) is 31.2 Å². The van der Waals surface area contributed by atoms with Crippen LogP contribution in [0.2, 0.25) is 0 Å². The van der Waals surface area contributed by atoms with Gasteiger partial charge < -0.3 is 15.0 Å². The van der Waals surface area contributed by atoms with Crippen molar-refractivity contribution in [1.82, 2.24) is 15.1 Å². The van der Waals surface area contributed by atoms with Crippen LogP contribution in [0.15, 0.2) is 24.3 Å². The monoisotopic (exact) mass is 413 g/mol. The Bertz CT molecular complexity index is 818. The molecule has 4 amide bonds. The molecule has 2 heterocycles. The van der Waals surface area contributed by atoms with Crippen molar-refractivity contribution in [2.45, 2.75) is 57.4 Å². The first-order chi connectivity index (χ1) is 14.5. The predicted molar refractivity (Wildman–Crippen MR) is 112 cm³/mol. The molecule has 0 unspecified atom stereocenters. The molecule has 1 aromatic carbocycles. The van der Waals surface area contributed by atoms with Gasteiger partial charge >= 0.3 is 6.03 Å². The Kier molecular flexibility index (Phi) is 5.97. The molecular weight excluding hydrogens is 382 g/mol. The first kappa shape index (κ1) is 20.7. The molecule has 30 heavy (non-hydrogen) atoms. The summed E-state index contributed by atoms with van der Waals surface area (Å²) < 4.78 is 5.98. The van der Waals surface area contributed by atoms with Crippen molar-refractivity contribution in [3.8, 4) is 5.75 Å². The van der Waals surface area contributed by atoms with Crippen molar-refractivity contribution in [2.75, 3.05) is 26.2 Å². The van der Waals surface area contributed by atoms with Crippen LogP contribution in [0.1, 0.15) is 50.5 Å². The molecule has 162 valence electrons. The topological polar surface area (TPSA) is 79.0 Å². The fourth-order valence-electron chi connectivity index (χ4n) is 4.90. The van der Waals surface area contributed by atoms with Crippen LogP contribution >= 0.6 is 0 Å². The number of urea groups is 1. The Labute approximate surface area is 177 Å². The molecule has 2 aliphatic heterocycles. The van der Waals surface area contributed by atoms with Crippen molar-refractivity contribution in [3.63, 3.8) is 0 Å². The van der Waals surface area contributed by atoms with Crippen LogP contribution in [0.4, 0.5) is 4.79 Å². The summed E-state index contributed by atoms with van der Waals surface area (Å²) in [6, 6.07) is 7.49. The summed E-state index contributed by atoms with van der Waals surface area (Å²) in [5.74, 6) is 0.733. The number of likely N-dealkylation sites (tertiary alicyclic amines) is 1. The van der Waals surface area contributed by atoms with Gasteiger partial charge in [-0.05, 0) is 44.2 Å². The number of nitrogens with zero attached hydrogens (tertiary/aromatic N) is 2. The van der Waals surface area contributed by atoms with E-state index in [-0.39, 0.29) is 24.3 Å². The van der Waals surface area contributed by atoms with Crippen LogP contribution in [-0.4, -0.2) is 59.4 Å². The van der Waals surface area contributed by atoms with E-state index in [0.29, 0.717) is 32.5 Å². The smallest absolute Gasteiger partial charge is 0.325 e. The van der Waals surface area contributed by atoms with E-state index in [0.717, 1.165) is 48.3 Å². The van der Waals surface area contributed by atoms with E-state index < -0.39 is 11.6 Å². The molecule has 7 heteroatoms. The van der Waals surface area contributed by atoms with Crippen molar-refractivity contribution in [3.05, 3.63) is 29.8 Å². The number of aryl methyl sites for hydroxylation is 1. The third-order valence-corrected chi connectivity index (χ3v) is 6.69. The fraction of sp³-hybridized carbons (Fsp3) is 0.609. The number of rotatable bonds is 5. The number of carbonyl (C=O) groups is 3. The zero-order valence-electron chi connectivity index (χ0n) is 17.7. The number of hydrogen-bond donors (Lipinski definition) is 1. The Hall–Kier alpha value is -2.57. The summed E-state index contributed by atoms with van der Waals surface area (Å²) in [5, 5.41) is 2.88. The lowest BCUT2D eigenvalue weighted by Crippen LogP contribution is -2.50. The molecule has 0 bridgehead atoms. The van der Waals surface area contributed by atoms with Crippen LogP contribution in [-0.2, 0) is 9.59 Å². The van der Waals surface area contributed by atoms with Crippen molar-refractivity contribution < 1.29 is 19.1 Å². The first-order valence-corrected chi connectivity index (χ1v) is 11.1. The summed E-state index contributed by atoms with van der Waals surface area (Å²) in [7, 11) is 0. The highest BCUT2D eigenvalue weighted by Gasteiger charge is 2.51. The first-order valence-electron chi connectivity index (χ1n) is 11.1. The van der Waals surface area contributed by atoms with Gasteiger partial charge in [-0.25, -0.2) is 4.79 Å². The summed E-state index contributed by atoms with van der Waals surface area (Å²) in [4.78, 5) is 41.2. The molecular formula is C23H31N3O4. The van der Waals surface area contributed by atoms with Crippen LogP contribution in [0.3, 0.4) is 0 Å². The van der Waals surface area contributed by atoms with Gasteiger partial charge in [0.15, 0.2) is 0 Å². The average Bonchev–Trinajstić information content (AvgIpc) is 2.97. The minimum Gasteiger partial charge on any atom is -0.493 e. The minimum absolute atomic E-state index is 0.160. The molecule has 1 N–H and O–H groups in total.